The molecule has 28 heavy (non-hydrogen) atoms. The quantitative estimate of drug-likeness (QED) is 0.745. The van der Waals surface area contributed by atoms with Crippen molar-refractivity contribution in [3.8, 4) is 0 Å². The molecule has 0 radical (unpaired) electrons. The lowest BCUT2D eigenvalue weighted by molar-refractivity contribution is 0.0287. The molecule has 0 N–H and O–H groups in total. The number of hydrogen-bond donors (Lipinski definition) is 0. The molecule has 0 spiro atoms. The molecular weight excluding hydrogens is 358 g/mol. The van der Waals surface area contributed by atoms with Crippen molar-refractivity contribution in [2.45, 2.75) is 39.4 Å². The summed E-state index contributed by atoms with van der Waals surface area (Å²) in [6, 6.07) is 9.69. The molecule has 2 rings (SSSR count). The first-order valence-electron chi connectivity index (χ1n) is 9.87. The number of piperazine rings is 1. The molecule has 1 heterocycles. The van der Waals surface area contributed by atoms with Crippen LogP contribution in [0.4, 0.5) is 9.59 Å². The second-order valence-corrected chi connectivity index (χ2v) is 8.12. The lowest BCUT2D eigenvalue weighted by Crippen LogP contribution is -2.49. The van der Waals surface area contributed by atoms with Gasteiger partial charge in [-0.05, 0) is 39.3 Å². The van der Waals surface area contributed by atoms with E-state index in [1.807, 2.05) is 51.1 Å². The van der Waals surface area contributed by atoms with Crippen LogP contribution in [0.3, 0.4) is 0 Å². The second-order valence-electron chi connectivity index (χ2n) is 8.12. The van der Waals surface area contributed by atoms with Crippen LogP contribution in [0.25, 0.3) is 0 Å². The number of amides is 2. The van der Waals surface area contributed by atoms with E-state index < -0.39 is 5.60 Å². The van der Waals surface area contributed by atoms with Crippen LogP contribution >= 0.6 is 0 Å². The molecule has 0 atom stereocenters. The maximum atomic E-state index is 12.2. The Labute approximate surface area is 168 Å². The van der Waals surface area contributed by atoms with Crippen molar-refractivity contribution < 1.29 is 19.1 Å². The molecule has 1 aromatic rings. The first-order chi connectivity index (χ1) is 13.2. The van der Waals surface area contributed by atoms with Crippen LogP contribution < -0.4 is 0 Å². The van der Waals surface area contributed by atoms with E-state index in [4.69, 9.17) is 9.47 Å². The van der Waals surface area contributed by atoms with E-state index in [9.17, 15) is 9.59 Å². The van der Waals surface area contributed by atoms with Gasteiger partial charge < -0.3 is 19.3 Å². The summed E-state index contributed by atoms with van der Waals surface area (Å²) in [6.45, 7) is 10.4. The Morgan fingerprint density at radius 3 is 2.32 bits per heavy atom. The van der Waals surface area contributed by atoms with E-state index in [1.54, 1.807) is 16.8 Å². The van der Waals surface area contributed by atoms with Crippen molar-refractivity contribution in [1.82, 2.24) is 14.7 Å². The predicted molar refractivity (Wildman–Crippen MR) is 108 cm³/mol. The summed E-state index contributed by atoms with van der Waals surface area (Å²) < 4.78 is 10.7. The van der Waals surface area contributed by atoms with Gasteiger partial charge in [0.2, 0.25) is 0 Å². The Kier molecular flexibility index (Phi) is 8.11. The Balaban J connectivity index is 1.61. The van der Waals surface area contributed by atoms with Gasteiger partial charge in [0.15, 0.2) is 0 Å². The van der Waals surface area contributed by atoms with Crippen LogP contribution in [0.1, 0.15) is 32.8 Å². The molecule has 156 valence electrons. The van der Waals surface area contributed by atoms with E-state index in [1.165, 1.54) is 0 Å². The lowest BCUT2D eigenvalue weighted by Gasteiger charge is -2.34. The molecule has 0 saturated carbocycles. The van der Waals surface area contributed by atoms with Crippen molar-refractivity contribution in [3.63, 3.8) is 0 Å². The third-order valence-corrected chi connectivity index (χ3v) is 4.51. The minimum Gasteiger partial charge on any atom is -0.445 e. The van der Waals surface area contributed by atoms with Crippen LogP contribution in [0.5, 0.6) is 0 Å². The molecule has 1 aliphatic rings. The maximum absolute atomic E-state index is 12.2. The van der Waals surface area contributed by atoms with Gasteiger partial charge in [0.1, 0.15) is 12.2 Å². The highest BCUT2D eigenvalue weighted by Crippen LogP contribution is 2.10. The highest BCUT2D eigenvalue weighted by atomic mass is 16.6. The fourth-order valence-corrected chi connectivity index (χ4v) is 2.93. The summed E-state index contributed by atoms with van der Waals surface area (Å²) in [5.74, 6) is 0. The zero-order chi connectivity index (χ0) is 20.6. The third-order valence-electron chi connectivity index (χ3n) is 4.51. The average molecular weight is 392 g/mol. The maximum Gasteiger partial charge on any atom is 0.410 e. The summed E-state index contributed by atoms with van der Waals surface area (Å²) in [5, 5.41) is 0. The van der Waals surface area contributed by atoms with Gasteiger partial charge in [0.05, 0.1) is 0 Å². The molecule has 1 aliphatic heterocycles. The van der Waals surface area contributed by atoms with Gasteiger partial charge >= 0.3 is 12.2 Å². The highest BCUT2D eigenvalue weighted by molar-refractivity contribution is 5.68. The number of carbonyl (C=O) groups excluding carboxylic acids is 2. The zero-order valence-electron chi connectivity index (χ0n) is 17.5. The summed E-state index contributed by atoms with van der Waals surface area (Å²) in [7, 11) is 1.76. The number of ether oxygens (including phenoxy) is 2. The van der Waals surface area contributed by atoms with E-state index in [0.717, 1.165) is 31.6 Å². The van der Waals surface area contributed by atoms with Gasteiger partial charge in [-0.1, -0.05) is 30.3 Å². The van der Waals surface area contributed by atoms with Crippen molar-refractivity contribution in [2.75, 3.05) is 46.3 Å². The van der Waals surface area contributed by atoms with Crippen molar-refractivity contribution in [3.05, 3.63) is 35.9 Å². The Morgan fingerprint density at radius 1 is 1.07 bits per heavy atom. The van der Waals surface area contributed by atoms with Crippen molar-refractivity contribution in [1.29, 1.82) is 0 Å². The van der Waals surface area contributed by atoms with E-state index in [2.05, 4.69) is 4.90 Å². The molecule has 7 heteroatoms. The lowest BCUT2D eigenvalue weighted by atomic mass is 10.2. The minimum atomic E-state index is -0.475. The molecule has 7 nitrogen and oxygen atoms in total. The summed E-state index contributed by atoms with van der Waals surface area (Å²) in [6.07, 6.45) is 0.320. The fourth-order valence-electron chi connectivity index (χ4n) is 2.93. The minimum absolute atomic E-state index is 0.256. The third kappa shape index (κ3) is 7.76. The molecule has 1 aromatic carbocycles. The molecule has 2 amide bonds. The first kappa shape index (κ1) is 22.0. The number of nitrogens with zero attached hydrogens (tertiary/aromatic N) is 3. The topological polar surface area (TPSA) is 62.3 Å². The Morgan fingerprint density at radius 2 is 1.71 bits per heavy atom. The van der Waals surface area contributed by atoms with E-state index >= 15 is 0 Å². The molecular formula is C21H33N3O4. The van der Waals surface area contributed by atoms with Crippen LogP contribution in [0.2, 0.25) is 0 Å². The molecule has 0 bridgehead atoms. The Bertz CT molecular complexity index is 622. The summed E-state index contributed by atoms with van der Waals surface area (Å²) >= 11 is 0. The van der Waals surface area contributed by atoms with Gasteiger partial charge in [-0.2, -0.15) is 0 Å². The molecule has 0 unspecified atom stereocenters. The molecule has 1 saturated heterocycles. The van der Waals surface area contributed by atoms with Crippen molar-refractivity contribution in [2.24, 2.45) is 0 Å². The monoisotopic (exact) mass is 391 g/mol. The second kappa shape index (κ2) is 10.3. The normalized spacial score (nSPS) is 15.2. The summed E-state index contributed by atoms with van der Waals surface area (Å²) in [5.41, 5.74) is 0.514. The van der Waals surface area contributed by atoms with Gasteiger partial charge in [0.25, 0.3) is 0 Å². The number of carbonyl (C=O) groups is 2. The molecule has 0 aromatic heterocycles. The van der Waals surface area contributed by atoms with E-state index in [-0.39, 0.29) is 12.2 Å². The van der Waals surface area contributed by atoms with E-state index in [0.29, 0.717) is 26.2 Å². The standard InChI is InChI=1S/C21H33N3O4/c1-21(2,3)28-19(25)22(4)11-8-12-23-13-15-24(16-14-23)20(26)27-17-18-9-6-5-7-10-18/h5-7,9-10H,8,11-17H2,1-4H3. The van der Waals surface area contributed by atoms with Gasteiger partial charge in [-0.15, -0.1) is 0 Å². The van der Waals surface area contributed by atoms with Crippen molar-refractivity contribution >= 4 is 12.2 Å². The SMILES string of the molecule is CN(CCCN1CCN(C(=O)OCc2ccccc2)CC1)C(=O)OC(C)(C)C. The highest BCUT2D eigenvalue weighted by Gasteiger charge is 2.23. The van der Waals surface area contributed by atoms with Gasteiger partial charge in [-0.3, -0.25) is 4.90 Å². The first-order valence-corrected chi connectivity index (χ1v) is 9.87. The predicted octanol–water partition coefficient (Wildman–Crippen LogP) is 3.20. The smallest absolute Gasteiger partial charge is 0.410 e. The largest absolute Gasteiger partial charge is 0.445 e. The molecule has 0 aliphatic carbocycles. The number of hydrogen-bond acceptors (Lipinski definition) is 5. The van der Waals surface area contributed by atoms with Crippen LogP contribution in [-0.2, 0) is 16.1 Å². The zero-order valence-corrected chi connectivity index (χ0v) is 17.5. The number of benzene rings is 1. The van der Waals surface area contributed by atoms with Crippen LogP contribution in [-0.4, -0.2) is 78.8 Å². The molecule has 1 fully saturated rings. The number of rotatable bonds is 6. The fraction of sp³-hybridized carbons (Fsp3) is 0.619. The van der Waals surface area contributed by atoms with Crippen LogP contribution in [0.15, 0.2) is 30.3 Å². The summed E-state index contributed by atoms with van der Waals surface area (Å²) in [4.78, 5) is 29.8. The van der Waals surface area contributed by atoms with Gasteiger partial charge in [0, 0.05) is 39.8 Å². The Hall–Kier alpha value is -2.28. The van der Waals surface area contributed by atoms with Crippen LogP contribution in [0, 0.1) is 0 Å². The average Bonchev–Trinajstić information content (AvgIpc) is 2.66. The van der Waals surface area contributed by atoms with Gasteiger partial charge in [-0.25, -0.2) is 9.59 Å².